The Hall–Kier alpha value is -2.68. The van der Waals surface area contributed by atoms with Gasteiger partial charge in [0.05, 0.1) is 23.9 Å². The summed E-state index contributed by atoms with van der Waals surface area (Å²) in [6, 6.07) is 4.84. The van der Waals surface area contributed by atoms with Gasteiger partial charge in [-0.2, -0.15) is 18.3 Å². The zero-order valence-corrected chi connectivity index (χ0v) is 15.5. The Morgan fingerprint density at radius 3 is 2.56 bits per heavy atom. The summed E-state index contributed by atoms with van der Waals surface area (Å²) >= 11 is 1.30. The number of aromatic nitrogens is 3. The number of hydrogen-bond acceptors (Lipinski definition) is 4. The van der Waals surface area contributed by atoms with Crippen LogP contribution in [0.4, 0.5) is 13.2 Å². The summed E-state index contributed by atoms with van der Waals surface area (Å²) in [5.74, 6) is -0.0943. The van der Waals surface area contributed by atoms with Crippen LogP contribution in [0.25, 0.3) is 10.6 Å². The third kappa shape index (κ3) is 4.73. The zero-order valence-electron chi connectivity index (χ0n) is 14.7. The lowest BCUT2D eigenvalue weighted by atomic mass is 10.1. The fraction of sp³-hybridized carbons (Fsp3) is 0.278. The first-order valence-corrected chi connectivity index (χ1v) is 8.94. The summed E-state index contributed by atoms with van der Waals surface area (Å²) < 4.78 is 39.6. The van der Waals surface area contributed by atoms with E-state index in [1.807, 2.05) is 13.2 Å². The molecule has 0 atom stereocenters. The molecular weight excluding hydrogens is 377 g/mol. The number of amides is 1. The fourth-order valence-corrected chi connectivity index (χ4v) is 3.35. The van der Waals surface area contributed by atoms with Crippen molar-refractivity contribution in [2.75, 3.05) is 7.05 Å². The lowest BCUT2D eigenvalue weighted by molar-refractivity contribution is -0.137. The quantitative estimate of drug-likeness (QED) is 0.662. The third-order valence-electron chi connectivity index (χ3n) is 3.95. The van der Waals surface area contributed by atoms with Crippen LogP contribution < -0.4 is 0 Å². The molecule has 0 spiro atoms. The number of carbonyl (C=O) groups is 1. The lowest BCUT2D eigenvalue weighted by Gasteiger charge is -2.15. The van der Waals surface area contributed by atoms with Crippen LogP contribution in [0.3, 0.4) is 0 Å². The number of benzene rings is 1. The molecule has 0 unspecified atom stereocenters. The second-order valence-electron chi connectivity index (χ2n) is 6.17. The van der Waals surface area contributed by atoms with Gasteiger partial charge < -0.3 is 4.90 Å². The highest BCUT2D eigenvalue weighted by molar-refractivity contribution is 7.13. The highest BCUT2D eigenvalue weighted by Crippen LogP contribution is 2.31. The van der Waals surface area contributed by atoms with Gasteiger partial charge >= 0.3 is 6.18 Å². The first-order valence-electron chi connectivity index (χ1n) is 8.06. The summed E-state index contributed by atoms with van der Waals surface area (Å²) in [5.41, 5.74) is 1.42. The van der Waals surface area contributed by atoms with Crippen LogP contribution >= 0.6 is 11.3 Å². The first-order chi connectivity index (χ1) is 12.7. The molecule has 2 heterocycles. The van der Waals surface area contributed by atoms with E-state index in [2.05, 4.69) is 10.1 Å². The topological polar surface area (TPSA) is 51.0 Å². The molecular formula is C18H17F3N4OS. The molecule has 1 amide bonds. The van der Waals surface area contributed by atoms with Crippen molar-refractivity contribution >= 4 is 17.2 Å². The monoisotopic (exact) mass is 394 g/mol. The van der Waals surface area contributed by atoms with Crippen molar-refractivity contribution in [1.29, 1.82) is 0 Å². The molecule has 0 saturated carbocycles. The molecule has 3 rings (SSSR count). The Labute approximate surface area is 158 Å². The molecule has 1 aromatic carbocycles. The van der Waals surface area contributed by atoms with Gasteiger partial charge in [0.25, 0.3) is 0 Å². The number of rotatable bonds is 5. The molecule has 0 radical (unpaired) electrons. The van der Waals surface area contributed by atoms with Crippen molar-refractivity contribution in [2.24, 2.45) is 7.05 Å². The van der Waals surface area contributed by atoms with Crippen molar-refractivity contribution in [3.8, 4) is 10.6 Å². The summed E-state index contributed by atoms with van der Waals surface area (Å²) in [6.45, 7) is 0.447. The summed E-state index contributed by atoms with van der Waals surface area (Å²) in [6.07, 6.45) is -0.684. The predicted octanol–water partition coefficient (Wildman–Crippen LogP) is 3.76. The Morgan fingerprint density at radius 1 is 1.26 bits per heavy atom. The average Bonchev–Trinajstić information content (AvgIpc) is 3.23. The molecule has 2 aromatic heterocycles. The predicted molar refractivity (Wildman–Crippen MR) is 95.9 cm³/mol. The van der Waals surface area contributed by atoms with Crippen molar-refractivity contribution in [2.45, 2.75) is 19.1 Å². The Balaban J connectivity index is 1.64. The van der Waals surface area contributed by atoms with Gasteiger partial charge in [-0.3, -0.25) is 9.48 Å². The van der Waals surface area contributed by atoms with Gasteiger partial charge in [-0.15, -0.1) is 11.3 Å². The summed E-state index contributed by atoms with van der Waals surface area (Å²) in [4.78, 5) is 18.3. The molecule has 142 valence electrons. The molecule has 0 aliphatic heterocycles. The molecule has 27 heavy (non-hydrogen) atoms. The van der Waals surface area contributed by atoms with Gasteiger partial charge in [0.1, 0.15) is 5.01 Å². The summed E-state index contributed by atoms with van der Waals surface area (Å²) in [5, 5.41) is 6.41. The Bertz CT molecular complexity index is 931. The van der Waals surface area contributed by atoms with E-state index in [0.29, 0.717) is 22.8 Å². The van der Waals surface area contributed by atoms with Gasteiger partial charge in [-0.1, -0.05) is 12.1 Å². The number of likely N-dealkylation sites (N-methyl/N-ethyl adjacent to an activating group) is 1. The van der Waals surface area contributed by atoms with E-state index in [-0.39, 0.29) is 12.3 Å². The highest BCUT2D eigenvalue weighted by atomic mass is 32.1. The van der Waals surface area contributed by atoms with Gasteiger partial charge in [0.2, 0.25) is 5.91 Å². The largest absolute Gasteiger partial charge is 0.416 e. The maximum Gasteiger partial charge on any atom is 0.416 e. The number of carbonyl (C=O) groups excluding carboxylic acids is 1. The molecule has 0 aliphatic rings. The van der Waals surface area contributed by atoms with Crippen LogP contribution in [-0.2, 0) is 31.0 Å². The van der Waals surface area contributed by atoms with Crippen molar-refractivity contribution < 1.29 is 18.0 Å². The number of halogens is 3. The zero-order chi connectivity index (χ0) is 19.6. The Morgan fingerprint density at radius 2 is 1.96 bits per heavy atom. The second-order valence-corrected chi connectivity index (χ2v) is 7.03. The number of alkyl halides is 3. The molecule has 3 aromatic rings. The van der Waals surface area contributed by atoms with Crippen molar-refractivity contribution in [1.82, 2.24) is 19.7 Å². The van der Waals surface area contributed by atoms with Crippen LogP contribution in [0.1, 0.15) is 16.8 Å². The van der Waals surface area contributed by atoms with Gasteiger partial charge in [-0.25, -0.2) is 4.98 Å². The van der Waals surface area contributed by atoms with Crippen molar-refractivity contribution in [3.05, 3.63) is 58.9 Å². The van der Waals surface area contributed by atoms with Gasteiger partial charge in [0, 0.05) is 43.3 Å². The molecule has 0 fully saturated rings. The van der Waals surface area contributed by atoms with E-state index in [9.17, 15) is 18.0 Å². The molecule has 0 N–H and O–H groups in total. The minimum Gasteiger partial charge on any atom is -0.341 e. The number of aryl methyl sites for hydroxylation is 1. The SMILES string of the molecule is CN(Cc1cnn(C)c1)C(=O)Cc1csc(-c2ccc(C(F)(F)F)cc2)n1. The standard InChI is InChI=1S/C18H17F3N4OS/c1-24(9-12-8-22-25(2)10-12)16(26)7-15-11-27-17(23-15)13-3-5-14(6-4-13)18(19,20)21/h3-6,8,10-11H,7,9H2,1-2H3. The molecule has 5 nitrogen and oxygen atoms in total. The van der Waals surface area contributed by atoms with Crippen molar-refractivity contribution in [3.63, 3.8) is 0 Å². The third-order valence-corrected chi connectivity index (χ3v) is 4.89. The van der Waals surface area contributed by atoms with E-state index >= 15 is 0 Å². The van der Waals surface area contributed by atoms with Gasteiger partial charge in [0.15, 0.2) is 0 Å². The average molecular weight is 394 g/mol. The summed E-state index contributed by atoms with van der Waals surface area (Å²) in [7, 11) is 3.52. The first kappa shape index (κ1) is 19.1. The molecule has 0 saturated heterocycles. The van der Waals surface area contributed by atoms with Gasteiger partial charge in [-0.05, 0) is 12.1 Å². The van der Waals surface area contributed by atoms with E-state index in [0.717, 1.165) is 17.7 Å². The van der Waals surface area contributed by atoms with E-state index in [1.54, 1.807) is 28.2 Å². The van der Waals surface area contributed by atoms with E-state index in [4.69, 9.17) is 0 Å². The fourth-order valence-electron chi connectivity index (χ4n) is 2.53. The normalized spacial score (nSPS) is 11.6. The minimum atomic E-state index is -4.36. The number of nitrogens with zero attached hydrogens (tertiary/aromatic N) is 4. The van der Waals surface area contributed by atoms with E-state index < -0.39 is 11.7 Å². The van der Waals surface area contributed by atoms with Crippen LogP contribution in [0.5, 0.6) is 0 Å². The number of hydrogen-bond donors (Lipinski definition) is 0. The Kier molecular flexibility index (Phi) is 5.31. The number of thiazole rings is 1. The molecule has 0 aliphatic carbocycles. The van der Waals surface area contributed by atoms with E-state index in [1.165, 1.54) is 23.5 Å². The maximum atomic E-state index is 12.6. The van der Waals surface area contributed by atoms with Crippen LogP contribution in [0, 0.1) is 0 Å². The van der Waals surface area contributed by atoms with Crippen LogP contribution in [0.15, 0.2) is 42.0 Å². The second kappa shape index (κ2) is 7.51. The lowest BCUT2D eigenvalue weighted by Crippen LogP contribution is -2.27. The molecule has 0 bridgehead atoms. The highest BCUT2D eigenvalue weighted by Gasteiger charge is 2.30. The maximum absolute atomic E-state index is 12.6. The van der Waals surface area contributed by atoms with Crippen LogP contribution in [-0.4, -0.2) is 32.6 Å². The smallest absolute Gasteiger partial charge is 0.341 e. The molecule has 9 heteroatoms. The minimum absolute atomic E-state index is 0.0943. The van der Waals surface area contributed by atoms with Crippen LogP contribution in [0.2, 0.25) is 0 Å².